The highest BCUT2D eigenvalue weighted by molar-refractivity contribution is 7.13. The summed E-state index contributed by atoms with van der Waals surface area (Å²) in [7, 11) is 0. The Labute approximate surface area is 148 Å². The van der Waals surface area contributed by atoms with Crippen LogP contribution >= 0.6 is 11.3 Å². The molecule has 7 heteroatoms. The summed E-state index contributed by atoms with van der Waals surface area (Å²) in [6.07, 6.45) is 2.54. The SMILES string of the molecule is CC1CCCN(Cc2csc(NC(=O)CNC(=O)C(C)(C)C)n2)C1. The summed E-state index contributed by atoms with van der Waals surface area (Å²) >= 11 is 1.42. The van der Waals surface area contributed by atoms with Gasteiger partial charge in [0.1, 0.15) is 0 Å². The van der Waals surface area contributed by atoms with Crippen LogP contribution in [0.5, 0.6) is 0 Å². The van der Waals surface area contributed by atoms with Crippen molar-refractivity contribution in [2.24, 2.45) is 11.3 Å². The zero-order valence-corrected chi connectivity index (χ0v) is 15.8. The molecule has 1 fully saturated rings. The monoisotopic (exact) mass is 352 g/mol. The van der Waals surface area contributed by atoms with Gasteiger partial charge in [0.15, 0.2) is 5.13 Å². The lowest BCUT2D eigenvalue weighted by atomic mass is 9.96. The van der Waals surface area contributed by atoms with E-state index in [-0.39, 0.29) is 18.4 Å². The van der Waals surface area contributed by atoms with Gasteiger partial charge in [0, 0.05) is 23.9 Å². The molecule has 0 aliphatic carbocycles. The predicted octanol–water partition coefficient (Wildman–Crippen LogP) is 2.48. The Hall–Kier alpha value is -1.47. The fraction of sp³-hybridized carbons (Fsp3) is 0.706. The Morgan fingerprint density at radius 2 is 2.17 bits per heavy atom. The van der Waals surface area contributed by atoms with Crippen molar-refractivity contribution in [3.05, 3.63) is 11.1 Å². The number of aromatic nitrogens is 1. The minimum Gasteiger partial charge on any atom is -0.347 e. The molecule has 1 atom stereocenters. The van der Waals surface area contributed by atoms with Crippen molar-refractivity contribution < 1.29 is 9.59 Å². The molecule has 24 heavy (non-hydrogen) atoms. The molecule has 2 rings (SSSR count). The van der Waals surface area contributed by atoms with Crippen molar-refractivity contribution in [2.45, 2.75) is 47.1 Å². The molecule has 1 aliphatic rings. The summed E-state index contributed by atoms with van der Waals surface area (Å²) in [5.41, 5.74) is 0.489. The number of likely N-dealkylation sites (tertiary alicyclic amines) is 1. The Balaban J connectivity index is 1.78. The molecular weight excluding hydrogens is 324 g/mol. The number of amides is 2. The maximum absolute atomic E-state index is 11.9. The van der Waals surface area contributed by atoms with Crippen molar-refractivity contribution in [2.75, 3.05) is 25.0 Å². The van der Waals surface area contributed by atoms with Crippen molar-refractivity contribution in [1.29, 1.82) is 0 Å². The molecule has 2 amide bonds. The zero-order chi connectivity index (χ0) is 17.7. The zero-order valence-electron chi connectivity index (χ0n) is 15.0. The minimum atomic E-state index is -0.500. The van der Waals surface area contributed by atoms with E-state index < -0.39 is 5.41 Å². The molecule has 0 radical (unpaired) electrons. The number of hydrogen-bond donors (Lipinski definition) is 2. The smallest absolute Gasteiger partial charge is 0.245 e. The second kappa shape index (κ2) is 8.07. The van der Waals surface area contributed by atoms with Gasteiger partial charge in [-0.2, -0.15) is 0 Å². The number of nitrogens with one attached hydrogen (secondary N) is 2. The molecule has 2 heterocycles. The number of carbonyl (C=O) groups excluding carboxylic acids is 2. The van der Waals surface area contributed by atoms with Crippen LogP contribution in [0, 0.1) is 11.3 Å². The third-order valence-corrected chi connectivity index (χ3v) is 4.82. The minimum absolute atomic E-state index is 0.0331. The van der Waals surface area contributed by atoms with E-state index in [1.807, 2.05) is 26.2 Å². The number of thiazole rings is 1. The Morgan fingerprint density at radius 1 is 1.42 bits per heavy atom. The molecule has 134 valence electrons. The second-order valence-electron chi connectivity index (χ2n) is 7.61. The fourth-order valence-corrected chi connectivity index (χ4v) is 3.40. The van der Waals surface area contributed by atoms with Crippen LogP contribution in [-0.4, -0.2) is 41.3 Å². The Bertz CT molecular complexity index is 579. The lowest BCUT2D eigenvalue weighted by molar-refractivity contribution is -0.130. The second-order valence-corrected chi connectivity index (χ2v) is 8.47. The first kappa shape index (κ1) is 18.9. The van der Waals surface area contributed by atoms with E-state index in [1.165, 1.54) is 24.2 Å². The highest BCUT2D eigenvalue weighted by atomic mass is 32.1. The molecule has 2 N–H and O–H groups in total. The first-order valence-electron chi connectivity index (χ1n) is 8.49. The van der Waals surface area contributed by atoms with E-state index in [0.717, 1.165) is 31.2 Å². The maximum atomic E-state index is 11.9. The van der Waals surface area contributed by atoms with E-state index in [9.17, 15) is 9.59 Å². The topological polar surface area (TPSA) is 74.3 Å². The van der Waals surface area contributed by atoms with Gasteiger partial charge in [-0.05, 0) is 25.3 Å². The molecule has 1 aromatic rings. The molecule has 1 saturated heterocycles. The van der Waals surface area contributed by atoms with Gasteiger partial charge in [-0.15, -0.1) is 11.3 Å². The first-order valence-corrected chi connectivity index (χ1v) is 9.37. The van der Waals surface area contributed by atoms with Crippen LogP contribution in [0.15, 0.2) is 5.38 Å². The van der Waals surface area contributed by atoms with Gasteiger partial charge in [0.05, 0.1) is 12.2 Å². The van der Waals surface area contributed by atoms with Crippen LogP contribution in [-0.2, 0) is 16.1 Å². The van der Waals surface area contributed by atoms with E-state index in [4.69, 9.17) is 0 Å². The van der Waals surface area contributed by atoms with Crippen LogP contribution in [0.4, 0.5) is 5.13 Å². The normalized spacial score (nSPS) is 19.1. The van der Waals surface area contributed by atoms with Gasteiger partial charge in [0.25, 0.3) is 0 Å². The van der Waals surface area contributed by atoms with Crippen molar-refractivity contribution in [1.82, 2.24) is 15.2 Å². The predicted molar refractivity (Wildman–Crippen MR) is 96.9 cm³/mol. The molecule has 0 saturated carbocycles. The quantitative estimate of drug-likeness (QED) is 0.854. The van der Waals surface area contributed by atoms with Crippen LogP contribution in [0.2, 0.25) is 0 Å². The molecule has 0 bridgehead atoms. The van der Waals surface area contributed by atoms with Crippen LogP contribution in [0.1, 0.15) is 46.2 Å². The van der Waals surface area contributed by atoms with Gasteiger partial charge in [0.2, 0.25) is 11.8 Å². The van der Waals surface area contributed by atoms with Gasteiger partial charge >= 0.3 is 0 Å². The van der Waals surface area contributed by atoms with Gasteiger partial charge < -0.3 is 10.6 Å². The maximum Gasteiger partial charge on any atom is 0.245 e. The van der Waals surface area contributed by atoms with Crippen molar-refractivity contribution >= 4 is 28.3 Å². The standard InChI is InChI=1S/C17H28N4O2S/c1-12-6-5-7-21(9-12)10-13-11-24-16(19-13)20-14(22)8-18-15(23)17(2,3)4/h11-12H,5-10H2,1-4H3,(H,18,23)(H,19,20,22). The summed E-state index contributed by atoms with van der Waals surface area (Å²) in [4.78, 5) is 30.6. The molecule has 1 unspecified atom stereocenters. The van der Waals surface area contributed by atoms with Crippen LogP contribution < -0.4 is 10.6 Å². The highest BCUT2D eigenvalue weighted by Crippen LogP contribution is 2.20. The third-order valence-electron chi connectivity index (χ3n) is 4.02. The molecule has 0 aromatic carbocycles. The molecule has 1 aromatic heterocycles. The molecule has 1 aliphatic heterocycles. The first-order chi connectivity index (χ1) is 11.2. The lowest BCUT2D eigenvalue weighted by Gasteiger charge is -2.30. The number of hydrogen-bond acceptors (Lipinski definition) is 5. The van der Waals surface area contributed by atoms with E-state index >= 15 is 0 Å². The average molecular weight is 353 g/mol. The summed E-state index contributed by atoms with van der Waals surface area (Å²) < 4.78 is 0. The van der Waals surface area contributed by atoms with Gasteiger partial charge in [-0.3, -0.25) is 14.5 Å². The van der Waals surface area contributed by atoms with Gasteiger partial charge in [-0.1, -0.05) is 27.7 Å². The lowest BCUT2D eigenvalue weighted by Crippen LogP contribution is -2.39. The van der Waals surface area contributed by atoms with Crippen molar-refractivity contribution in [3.63, 3.8) is 0 Å². The number of anilines is 1. The highest BCUT2D eigenvalue weighted by Gasteiger charge is 2.21. The number of carbonyl (C=O) groups is 2. The van der Waals surface area contributed by atoms with E-state index in [1.54, 1.807) is 0 Å². The van der Waals surface area contributed by atoms with Gasteiger partial charge in [-0.25, -0.2) is 4.98 Å². The van der Waals surface area contributed by atoms with Crippen LogP contribution in [0.3, 0.4) is 0 Å². The summed E-state index contributed by atoms with van der Waals surface area (Å²) in [5, 5.41) is 7.96. The number of piperidine rings is 1. The summed E-state index contributed by atoms with van der Waals surface area (Å²) in [5.74, 6) is 0.347. The molecule has 0 spiro atoms. The Kier molecular flexibility index (Phi) is 6.34. The third kappa shape index (κ3) is 5.87. The summed E-state index contributed by atoms with van der Waals surface area (Å²) in [6, 6.07) is 0. The molecule has 6 nitrogen and oxygen atoms in total. The van der Waals surface area contributed by atoms with Crippen LogP contribution in [0.25, 0.3) is 0 Å². The summed E-state index contributed by atoms with van der Waals surface area (Å²) in [6.45, 7) is 10.7. The number of rotatable bonds is 5. The van der Waals surface area contributed by atoms with E-state index in [2.05, 4.69) is 27.4 Å². The molecular formula is C17H28N4O2S. The van der Waals surface area contributed by atoms with Crippen molar-refractivity contribution in [3.8, 4) is 0 Å². The Morgan fingerprint density at radius 3 is 2.83 bits per heavy atom. The fourth-order valence-electron chi connectivity index (χ4n) is 2.69. The number of nitrogens with zero attached hydrogens (tertiary/aromatic N) is 2. The largest absolute Gasteiger partial charge is 0.347 e. The average Bonchev–Trinajstić information content (AvgIpc) is 2.90. The van der Waals surface area contributed by atoms with E-state index in [0.29, 0.717) is 5.13 Å².